The highest BCUT2D eigenvalue weighted by Crippen LogP contribution is 2.34. The molecule has 7 nitrogen and oxygen atoms in total. The standard InChI is InChI=1S/C28H28FN3O4/c1-18(2)26(33)31-23-14-10-21(11-15-23)25-24(27(34)30-16-19-8-12-22(29)13-9-19)32(28(35)36-25)17-20-6-4-3-5-7-20/h3-15,18,24-25H,16-17H2,1-2H3,(H,30,34)(H,31,33). The topological polar surface area (TPSA) is 87.7 Å². The predicted octanol–water partition coefficient (Wildman–Crippen LogP) is 4.80. The number of nitrogens with zero attached hydrogens (tertiary/aromatic N) is 1. The number of amides is 3. The molecule has 1 saturated heterocycles. The number of anilines is 1. The summed E-state index contributed by atoms with van der Waals surface area (Å²) in [5, 5.41) is 5.68. The van der Waals surface area contributed by atoms with Gasteiger partial charge in [0.15, 0.2) is 12.1 Å². The van der Waals surface area contributed by atoms with Gasteiger partial charge in [-0.25, -0.2) is 9.18 Å². The number of hydrogen-bond donors (Lipinski definition) is 2. The molecule has 0 spiro atoms. The highest BCUT2D eigenvalue weighted by molar-refractivity contribution is 5.92. The van der Waals surface area contributed by atoms with Gasteiger partial charge in [-0.3, -0.25) is 14.5 Å². The van der Waals surface area contributed by atoms with Crippen molar-refractivity contribution in [1.82, 2.24) is 10.2 Å². The molecule has 2 N–H and O–H groups in total. The minimum atomic E-state index is -0.922. The number of benzene rings is 3. The Morgan fingerprint density at radius 1 is 0.944 bits per heavy atom. The van der Waals surface area contributed by atoms with Gasteiger partial charge in [0.05, 0.1) is 6.54 Å². The van der Waals surface area contributed by atoms with Crippen LogP contribution in [0.15, 0.2) is 78.9 Å². The highest BCUT2D eigenvalue weighted by atomic mass is 19.1. The van der Waals surface area contributed by atoms with E-state index >= 15 is 0 Å². The molecule has 186 valence electrons. The SMILES string of the molecule is CC(C)C(=O)Nc1ccc(C2OC(=O)N(Cc3ccccc3)C2C(=O)NCc2ccc(F)cc2)cc1. The summed E-state index contributed by atoms with van der Waals surface area (Å²) in [6.45, 7) is 3.99. The average molecular weight is 490 g/mol. The smallest absolute Gasteiger partial charge is 0.411 e. The highest BCUT2D eigenvalue weighted by Gasteiger charge is 2.46. The second-order valence-corrected chi connectivity index (χ2v) is 8.97. The van der Waals surface area contributed by atoms with E-state index in [4.69, 9.17) is 4.74 Å². The van der Waals surface area contributed by atoms with Crippen molar-refractivity contribution in [2.45, 2.75) is 39.1 Å². The first kappa shape index (κ1) is 24.9. The third kappa shape index (κ3) is 5.89. The minimum absolute atomic E-state index is 0.109. The maximum absolute atomic E-state index is 13.4. The number of cyclic esters (lactones) is 1. The summed E-state index contributed by atoms with van der Waals surface area (Å²) >= 11 is 0. The Morgan fingerprint density at radius 3 is 2.25 bits per heavy atom. The van der Waals surface area contributed by atoms with Crippen LogP contribution in [0.25, 0.3) is 0 Å². The fourth-order valence-electron chi connectivity index (χ4n) is 3.93. The van der Waals surface area contributed by atoms with Gasteiger partial charge in [0.25, 0.3) is 0 Å². The van der Waals surface area contributed by atoms with E-state index in [1.807, 2.05) is 30.3 Å². The monoisotopic (exact) mass is 489 g/mol. The van der Waals surface area contributed by atoms with E-state index in [0.717, 1.165) is 11.1 Å². The van der Waals surface area contributed by atoms with Gasteiger partial charge in [0, 0.05) is 18.2 Å². The van der Waals surface area contributed by atoms with Gasteiger partial charge in [-0.2, -0.15) is 0 Å². The zero-order chi connectivity index (χ0) is 25.7. The second-order valence-electron chi connectivity index (χ2n) is 8.97. The molecule has 2 atom stereocenters. The lowest BCUT2D eigenvalue weighted by Gasteiger charge is -2.24. The molecule has 0 saturated carbocycles. The molecule has 1 aliphatic rings. The van der Waals surface area contributed by atoms with Crippen molar-refractivity contribution in [3.8, 4) is 0 Å². The average Bonchev–Trinajstić information content (AvgIpc) is 3.20. The first-order valence-corrected chi connectivity index (χ1v) is 11.8. The van der Waals surface area contributed by atoms with E-state index in [1.54, 1.807) is 50.2 Å². The molecule has 1 heterocycles. The quantitative estimate of drug-likeness (QED) is 0.476. The normalized spacial score (nSPS) is 17.1. The summed E-state index contributed by atoms with van der Waals surface area (Å²) in [5.74, 6) is -1.02. The number of rotatable bonds is 8. The van der Waals surface area contributed by atoms with Crippen LogP contribution < -0.4 is 10.6 Å². The van der Waals surface area contributed by atoms with Crippen LogP contribution in [-0.2, 0) is 27.4 Å². The molecule has 0 aliphatic carbocycles. The first-order chi connectivity index (χ1) is 17.3. The Bertz CT molecular complexity index is 1210. The van der Waals surface area contributed by atoms with Crippen LogP contribution in [0, 0.1) is 11.7 Å². The van der Waals surface area contributed by atoms with Crippen LogP contribution in [0.4, 0.5) is 14.9 Å². The van der Waals surface area contributed by atoms with Crippen molar-refractivity contribution in [2.24, 2.45) is 5.92 Å². The van der Waals surface area contributed by atoms with Gasteiger partial charge in [-0.05, 0) is 41.0 Å². The van der Waals surface area contributed by atoms with Gasteiger partial charge in [-0.15, -0.1) is 0 Å². The second kappa shape index (κ2) is 11.0. The molecule has 8 heteroatoms. The molecule has 1 aliphatic heterocycles. The molecular weight excluding hydrogens is 461 g/mol. The van der Waals surface area contributed by atoms with E-state index in [-0.39, 0.29) is 36.6 Å². The first-order valence-electron chi connectivity index (χ1n) is 11.8. The van der Waals surface area contributed by atoms with Gasteiger partial charge in [0.2, 0.25) is 11.8 Å². The van der Waals surface area contributed by atoms with Crippen molar-refractivity contribution >= 4 is 23.6 Å². The summed E-state index contributed by atoms with van der Waals surface area (Å²) in [6.07, 6.45) is -1.44. The number of nitrogens with one attached hydrogen (secondary N) is 2. The summed E-state index contributed by atoms with van der Waals surface area (Å²) in [6, 6.07) is 21.2. The number of carbonyl (C=O) groups excluding carboxylic acids is 3. The van der Waals surface area contributed by atoms with E-state index in [9.17, 15) is 18.8 Å². The molecule has 3 aromatic carbocycles. The van der Waals surface area contributed by atoms with E-state index in [0.29, 0.717) is 11.3 Å². The van der Waals surface area contributed by atoms with Crippen LogP contribution in [0.2, 0.25) is 0 Å². The Hall–Kier alpha value is -4.20. The zero-order valence-electron chi connectivity index (χ0n) is 20.1. The molecule has 0 bridgehead atoms. The molecule has 0 aromatic heterocycles. The van der Waals surface area contributed by atoms with Gasteiger partial charge in [0.1, 0.15) is 5.82 Å². The van der Waals surface area contributed by atoms with Crippen molar-refractivity contribution in [1.29, 1.82) is 0 Å². The largest absolute Gasteiger partial charge is 0.438 e. The lowest BCUT2D eigenvalue weighted by Crippen LogP contribution is -2.46. The van der Waals surface area contributed by atoms with E-state index in [2.05, 4.69) is 10.6 Å². The maximum atomic E-state index is 13.4. The maximum Gasteiger partial charge on any atom is 0.411 e. The number of hydrogen-bond acceptors (Lipinski definition) is 4. The Kier molecular flexibility index (Phi) is 7.63. The van der Waals surface area contributed by atoms with Crippen molar-refractivity contribution in [3.63, 3.8) is 0 Å². The van der Waals surface area contributed by atoms with Crippen molar-refractivity contribution in [3.05, 3.63) is 101 Å². The molecular formula is C28H28FN3O4. The summed E-state index contributed by atoms with van der Waals surface area (Å²) in [7, 11) is 0. The minimum Gasteiger partial charge on any atom is -0.438 e. The molecule has 2 unspecified atom stereocenters. The Morgan fingerprint density at radius 2 is 1.61 bits per heavy atom. The van der Waals surface area contributed by atoms with Crippen molar-refractivity contribution in [2.75, 3.05) is 5.32 Å². The number of ether oxygens (including phenoxy) is 1. The lowest BCUT2D eigenvalue weighted by molar-refractivity contribution is -0.126. The van der Waals surface area contributed by atoms with Crippen LogP contribution in [0.3, 0.4) is 0 Å². The summed E-state index contributed by atoms with van der Waals surface area (Å²) in [5.41, 5.74) is 2.83. The molecule has 3 amide bonds. The van der Waals surface area contributed by atoms with Gasteiger partial charge < -0.3 is 15.4 Å². The van der Waals surface area contributed by atoms with Crippen LogP contribution >= 0.6 is 0 Å². The summed E-state index contributed by atoms with van der Waals surface area (Å²) in [4.78, 5) is 39.7. The third-order valence-corrected chi connectivity index (χ3v) is 5.96. The fourth-order valence-corrected chi connectivity index (χ4v) is 3.93. The van der Waals surface area contributed by atoms with Gasteiger partial charge in [-0.1, -0.05) is 68.4 Å². The number of halogens is 1. The molecule has 1 fully saturated rings. The van der Waals surface area contributed by atoms with E-state index < -0.39 is 18.2 Å². The Labute approximate surface area is 209 Å². The summed E-state index contributed by atoms with van der Waals surface area (Å²) < 4.78 is 18.9. The molecule has 36 heavy (non-hydrogen) atoms. The third-order valence-electron chi connectivity index (χ3n) is 5.96. The number of carbonyl (C=O) groups is 3. The van der Waals surface area contributed by atoms with Crippen LogP contribution in [0.1, 0.15) is 36.6 Å². The van der Waals surface area contributed by atoms with Gasteiger partial charge >= 0.3 is 6.09 Å². The zero-order valence-corrected chi connectivity index (χ0v) is 20.1. The predicted molar refractivity (Wildman–Crippen MR) is 133 cm³/mol. The molecule has 3 aromatic rings. The molecule has 0 radical (unpaired) electrons. The van der Waals surface area contributed by atoms with Crippen molar-refractivity contribution < 1.29 is 23.5 Å². The fraction of sp³-hybridized carbons (Fsp3) is 0.250. The van der Waals surface area contributed by atoms with Crippen LogP contribution in [-0.4, -0.2) is 28.8 Å². The lowest BCUT2D eigenvalue weighted by atomic mass is 10.00. The van der Waals surface area contributed by atoms with E-state index in [1.165, 1.54) is 17.0 Å². The Balaban J connectivity index is 1.56. The molecule has 4 rings (SSSR count). The van der Waals surface area contributed by atoms with Crippen LogP contribution in [0.5, 0.6) is 0 Å².